The number of anilines is 2. The first-order valence-corrected chi connectivity index (χ1v) is 11.7. The summed E-state index contributed by atoms with van der Waals surface area (Å²) in [6.07, 6.45) is 1.63. The third-order valence-corrected chi connectivity index (χ3v) is 6.31. The molecule has 1 saturated heterocycles. The molecule has 3 aromatic carbocycles. The molecule has 0 saturated carbocycles. The van der Waals surface area contributed by atoms with Gasteiger partial charge in [0, 0.05) is 5.69 Å². The summed E-state index contributed by atoms with van der Waals surface area (Å²) in [6.45, 7) is 3.79. The summed E-state index contributed by atoms with van der Waals surface area (Å²) in [6, 6.07) is 19.6. The lowest BCUT2D eigenvalue weighted by atomic mass is 10.1. The number of aryl methyl sites for hydroxylation is 2. The molecule has 35 heavy (non-hydrogen) atoms. The van der Waals surface area contributed by atoms with Gasteiger partial charge in [-0.2, -0.15) is 0 Å². The SMILES string of the molecule is COc1cc(/C=C2\SC(=O)N(c3ccccc3)C2=O)ccc1OCC(=O)Nc1ccc(C)c(C)c1. The molecule has 8 heteroatoms. The predicted octanol–water partition coefficient (Wildman–Crippen LogP) is 5.57. The average molecular weight is 489 g/mol. The van der Waals surface area contributed by atoms with Crippen molar-refractivity contribution in [3.05, 3.63) is 88.3 Å². The number of hydrogen-bond acceptors (Lipinski definition) is 6. The third kappa shape index (κ3) is 5.55. The van der Waals surface area contributed by atoms with Gasteiger partial charge in [0.2, 0.25) is 0 Å². The summed E-state index contributed by atoms with van der Waals surface area (Å²) in [5.74, 6) is 0.111. The fourth-order valence-corrected chi connectivity index (χ4v) is 4.31. The Morgan fingerprint density at radius 2 is 1.74 bits per heavy atom. The number of nitrogens with zero attached hydrogens (tertiary/aromatic N) is 1. The molecule has 7 nitrogen and oxygen atoms in total. The average Bonchev–Trinajstić information content (AvgIpc) is 3.13. The molecule has 0 spiro atoms. The summed E-state index contributed by atoms with van der Waals surface area (Å²) in [4.78, 5) is 39.0. The fourth-order valence-electron chi connectivity index (χ4n) is 3.47. The summed E-state index contributed by atoms with van der Waals surface area (Å²) in [5, 5.41) is 2.46. The number of methoxy groups -OCH3 is 1. The maximum atomic E-state index is 12.8. The molecule has 4 rings (SSSR count). The van der Waals surface area contributed by atoms with Gasteiger partial charge >= 0.3 is 0 Å². The molecule has 3 amide bonds. The first kappa shape index (κ1) is 24.1. The lowest BCUT2D eigenvalue weighted by molar-refractivity contribution is -0.118. The number of imide groups is 1. The van der Waals surface area contributed by atoms with Gasteiger partial charge in [0.15, 0.2) is 18.1 Å². The molecule has 0 radical (unpaired) electrons. The lowest BCUT2D eigenvalue weighted by Gasteiger charge is -2.12. The molecular weight excluding hydrogens is 464 g/mol. The fraction of sp³-hybridized carbons (Fsp3) is 0.148. The van der Waals surface area contributed by atoms with Crippen LogP contribution in [0.2, 0.25) is 0 Å². The van der Waals surface area contributed by atoms with Crippen molar-refractivity contribution >= 4 is 46.3 Å². The Kier molecular flexibility index (Phi) is 7.22. The molecule has 0 unspecified atom stereocenters. The van der Waals surface area contributed by atoms with Gasteiger partial charge in [-0.15, -0.1) is 0 Å². The highest BCUT2D eigenvalue weighted by molar-refractivity contribution is 8.19. The van der Waals surface area contributed by atoms with E-state index < -0.39 is 0 Å². The van der Waals surface area contributed by atoms with E-state index in [2.05, 4.69) is 5.32 Å². The highest BCUT2D eigenvalue weighted by atomic mass is 32.2. The van der Waals surface area contributed by atoms with E-state index in [0.717, 1.165) is 27.8 Å². The van der Waals surface area contributed by atoms with Crippen molar-refractivity contribution in [3.8, 4) is 11.5 Å². The van der Waals surface area contributed by atoms with Crippen molar-refractivity contribution in [2.24, 2.45) is 0 Å². The van der Waals surface area contributed by atoms with Crippen LogP contribution in [0.3, 0.4) is 0 Å². The van der Waals surface area contributed by atoms with Crippen molar-refractivity contribution in [2.75, 3.05) is 23.9 Å². The van der Waals surface area contributed by atoms with Crippen LogP contribution in [-0.4, -0.2) is 30.8 Å². The number of thioether (sulfide) groups is 1. The molecule has 1 fully saturated rings. The highest BCUT2D eigenvalue weighted by Gasteiger charge is 2.36. The molecule has 1 N–H and O–H groups in total. The van der Waals surface area contributed by atoms with Gasteiger partial charge in [0.05, 0.1) is 17.7 Å². The van der Waals surface area contributed by atoms with Crippen molar-refractivity contribution in [1.29, 1.82) is 0 Å². The zero-order valence-corrected chi connectivity index (χ0v) is 20.3. The Balaban J connectivity index is 1.44. The predicted molar refractivity (Wildman–Crippen MR) is 138 cm³/mol. The van der Waals surface area contributed by atoms with E-state index in [1.807, 2.05) is 38.1 Å². The van der Waals surface area contributed by atoms with Gasteiger partial charge in [-0.1, -0.05) is 30.3 Å². The minimum Gasteiger partial charge on any atom is -0.493 e. The van der Waals surface area contributed by atoms with E-state index in [9.17, 15) is 14.4 Å². The minimum absolute atomic E-state index is 0.196. The van der Waals surface area contributed by atoms with E-state index in [0.29, 0.717) is 33.3 Å². The van der Waals surface area contributed by atoms with Crippen LogP contribution in [0.4, 0.5) is 16.2 Å². The zero-order chi connectivity index (χ0) is 24.9. The number of para-hydroxylation sites is 1. The van der Waals surface area contributed by atoms with Gasteiger partial charge in [0.1, 0.15) is 0 Å². The van der Waals surface area contributed by atoms with Crippen molar-refractivity contribution < 1.29 is 23.9 Å². The highest BCUT2D eigenvalue weighted by Crippen LogP contribution is 2.37. The second-order valence-corrected chi connectivity index (χ2v) is 8.89. The topological polar surface area (TPSA) is 84.9 Å². The number of ether oxygens (including phenoxy) is 2. The largest absolute Gasteiger partial charge is 0.493 e. The van der Waals surface area contributed by atoms with Crippen molar-refractivity contribution in [3.63, 3.8) is 0 Å². The van der Waals surface area contributed by atoms with E-state index >= 15 is 0 Å². The molecule has 1 aliphatic rings. The van der Waals surface area contributed by atoms with Crippen LogP contribution in [-0.2, 0) is 9.59 Å². The monoisotopic (exact) mass is 488 g/mol. The first-order valence-electron chi connectivity index (χ1n) is 10.9. The van der Waals surface area contributed by atoms with Crippen LogP contribution in [0, 0.1) is 13.8 Å². The molecule has 178 valence electrons. The van der Waals surface area contributed by atoms with Gasteiger partial charge in [-0.25, -0.2) is 4.90 Å². The molecule has 0 bridgehead atoms. The van der Waals surface area contributed by atoms with Gasteiger partial charge in [-0.05, 0) is 84.8 Å². The van der Waals surface area contributed by atoms with E-state index in [1.165, 1.54) is 7.11 Å². The maximum absolute atomic E-state index is 12.8. The van der Waals surface area contributed by atoms with Gasteiger partial charge in [0.25, 0.3) is 17.1 Å². The normalized spacial score (nSPS) is 14.4. The Labute approximate surface area is 207 Å². The third-order valence-electron chi connectivity index (χ3n) is 5.44. The Bertz CT molecular complexity index is 1320. The van der Waals surface area contributed by atoms with E-state index in [1.54, 1.807) is 48.5 Å². The zero-order valence-electron chi connectivity index (χ0n) is 19.5. The van der Waals surface area contributed by atoms with E-state index in [-0.39, 0.29) is 23.7 Å². The number of carbonyl (C=O) groups is 3. The lowest BCUT2D eigenvalue weighted by Crippen LogP contribution is -2.27. The Morgan fingerprint density at radius 3 is 2.46 bits per heavy atom. The van der Waals surface area contributed by atoms with Gasteiger partial charge < -0.3 is 14.8 Å². The molecule has 0 aliphatic carbocycles. The smallest absolute Gasteiger partial charge is 0.298 e. The number of amides is 3. The number of rotatable bonds is 7. The number of carbonyl (C=O) groups excluding carboxylic acids is 3. The molecule has 0 atom stereocenters. The quantitative estimate of drug-likeness (QED) is 0.438. The number of nitrogens with one attached hydrogen (secondary N) is 1. The van der Waals surface area contributed by atoms with Crippen LogP contribution in [0.5, 0.6) is 11.5 Å². The van der Waals surface area contributed by atoms with Gasteiger partial charge in [-0.3, -0.25) is 14.4 Å². The minimum atomic E-state index is -0.381. The molecular formula is C27H24N2O5S. The summed E-state index contributed by atoms with van der Waals surface area (Å²) in [7, 11) is 1.49. The Hall–Kier alpha value is -4.04. The summed E-state index contributed by atoms with van der Waals surface area (Å²) < 4.78 is 11.1. The maximum Gasteiger partial charge on any atom is 0.298 e. The van der Waals surface area contributed by atoms with Crippen LogP contribution < -0.4 is 19.7 Å². The molecule has 1 aliphatic heterocycles. The van der Waals surface area contributed by atoms with Crippen LogP contribution in [0.25, 0.3) is 6.08 Å². The molecule has 1 heterocycles. The summed E-state index contributed by atoms with van der Waals surface area (Å²) >= 11 is 0.880. The van der Waals surface area contributed by atoms with Crippen LogP contribution in [0.1, 0.15) is 16.7 Å². The van der Waals surface area contributed by atoms with Crippen LogP contribution >= 0.6 is 11.8 Å². The molecule has 0 aromatic heterocycles. The number of hydrogen-bond donors (Lipinski definition) is 1. The Morgan fingerprint density at radius 1 is 0.971 bits per heavy atom. The second-order valence-electron chi connectivity index (χ2n) is 7.90. The van der Waals surface area contributed by atoms with E-state index in [4.69, 9.17) is 9.47 Å². The van der Waals surface area contributed by atoms with Crippen molar-refractivity contribution in [1.82, 2.24) is 0 Å². The number of benzene rings is 3. The first-order chi connectivity index (χ1) is 16.9. The van der Waals surface area contributed by atoms with Crippen molar-refractivity contribution in [2.45, 2.75) is 13.8 Å². The van der Waals surface area contributed by atoms with Crippen LogP contribution in [0.15, 0.2) is 71.6 Å². The second kappa shape index (κ2) is 10.5. The summed E-state index contributed by atoms with van der Waals surface area (Å²) in [5.41, 5.74) is 4.12. The molecule has 3 aromatic rings. The standard InChI is InChI=1S/C27H24N2O5S/c1-17-9-11-20(13-18(17)2)28-25(30)16-34-22-12-10-19(14-23(22)33-3)15-24-26(31)29(27(32)35-24)21-7-5-4-6-8-21/h4-15H,16H2,1-3H3,(H,28,30)/b24-15-.